The summed E-state index contributed by atoms with van der Waals surface area (Å²) < 4.78 is 23.5. The number of hydrogen-bond acceptors (Lipinski definition) is 4. The van der Waals surface area contributed by atoms with Crippen LogP contribution in [-0.4, -0.2) is 23.7 Å². The Balaban J connectivity index is 0.000000190. The van der Waals surface area contributed by atoms with Crippen LogP contribution in [0.1, 0.15) is 63.5 Å². The van der Waals surface area contributed by atoms with Crippen LogP contribution in [-0.2, 0) is 0 Å². The van der Waals surface area contributed by atoms with Gasteiger partial charge in [-0.3, -0.25) is 0 Å². The smallest absolute Gasteiger partial charge is 0.213 e. The Bertz CT molecular complexity index is 700. The largest absolute Gasteiger partial charge is 0.481 e. The van der Waals surface area contributed by atoms with E-state index in [0.717, 1.165) is 18.4 Å². The topological polar surface area (TPSA) is 44.2 Å². The van der Waals surface area contributed by atoms with Gasteiger partial charge in [-0.1, -0.05) is 27.7 Å². The van der Waals surface area contributed by atoms with Crippen LogP contribution < -0.4 is 9.47 Å². The van der Waals surface area contributed by atoms with Gasteiger partial charge in [-0.05, 0) is 47.8 Å². The molecule has 2 heterocycles. The lowest BCUT2D eigenvalue weighted by molar-refractivity contribution is 0.288. The first-order chi connectivity index (χ1) is 12.4. The number of methoxy groups -OCH3 is 1. The Kier molecular flexibility index (Phi) is 7.37. The highest BCUT2D eigenvalue weighted by Gasteiger charge is 2.22. The zero-order valence-electron chi connectivity index (χ0n) is 16.3. The first-order valence-electron chi connectivity index (χ1n) is 9.18. The van der Waals surface area contributed by atoms with Crippen molar-refractivity contribution in [1.29, 1.82) is 0 Å². The van der Waals surface area contributed by atoms with Crippen LogP contribution >= 0.6 is 0 Å². The molecule has 0 aromatic carbocycles. The summed E-state index contributed by atoms with van der Waals surface area (Å²) in [6, 6.07) is 5.72. The summed E-state index contributed by atoms with van der Waals surface area (Å²) in [7, 11) is 1.52. The maximum absolute atomic E-state index is 13.0. The molecule has 142 valence electrons. The molecule has 2 aromatic rings. The van der Waals surface area contributed by atoms with Crippen molar-refractivity contribution < 1.29 is 13.9 Å². The van der Waals surface area contributed by atoms with E-state index < -0.39 is 0 Å². The van der Waals surface area contributed by atoms with Crippen molar-refractivity contribution in [2.24, 2.45) is 5.92 Å². The predicted octanol–water partition coefficient (Wildman–Crippen LogP) is 5.35. The lowest BCUT2D eigenvalue weighted by Crippen LogP contribution is -2.01. The van der Waals surface area contributed by atoms with E-state index in [-0.39, 0.29) is 11.7 Å². The van der Waals surface area contributed by atoms with Gasteiger partial charge in [-0.15, -0.1) is 0 Å². The van der Waals surface area contributed by atoms with Crippen LogP contribution in [0.5, 0.6) is 11.8 Å². The third-order valence-corrected chi connectivity index (χ3v) is 4.28. The van der Waals surface area contributed by atoms with Crippen LogP contribution in [0, 0.1) is 11.7 Å². The highest BCUT2D eigenvalue weighted by molar-refractivity contribution is 5.24. The van der Waals surface area contributed by atoms with Gasteiger partial charge in [-0.2, -0.15) is 0 Å². The van der Waals surface area contributed by atoms with Gasteiger partial charge in [0.1, 0.15) is 5.82 Å². The van der Waals surface area contributed by atoms with Crippen LogP contribution in [0.25, 0.3) is 0 Å². The van der Waals surface area contributed by atoms with Crippen molar-refractivity contribution in [3.05, 3.63) is 47.5 Å². The maximum atomic E-state index is 13.0. The molecular formula is C21H29FN2O2. The van der Waals surface area contributed by atoms with E-state index in [2.05, 4.69) is 29.9 Å². The molecule has 0 radical (unpaired) electrons. The predicted molar refractivity (Wildman–Crippen MR) is 101 cm³/mol. The van der Waals surface area contributed by atoms with Crippen molar-refractivity contribution in [2.75, 3.05) is 13.7 Å². The summed E-state index contributed by atoms with van der Waals surface area (Å²) >= 11 is 0. The average Bonchev–Trinajstić information content (AvgIpc) is 3.45. The Labute approximate surface area is 155 Å². The van der Waals surface area contributed by atoms with Gasteiger partial charge in [0, 0.05) is 18.3 Å². The summed E-state index contributed by atoms with van der Waals surface area (Å²) in [5, 5.41) is 0. The van der Waals surface area contributed by atoms with Gasteiger partial charge in [0.05, 0.1) is 19.9 Å². The number of rotatable bonds is 6. The molecule has 26 heavy (non-hydrogen) atoms. The van der Waals surface area contributed by atoms with Gasteiger partial charge in [-0.25, -0.2) is 14.4 Å². The molecule has 0 amide bonds. The van der Waals surface area contributed by atoms with E-state index >= 15 is 0 Å². The number of pyridine rings is 2. The minimum atomic E-state index is -0.272. The second-order valence-corrected chi connectivity index (χ2v) is 7.24. The molecule has 0 atom stereocenters. The second-order valence-electron chi connectivity index (χ2n) is 7.24. The summed E-state index contributed by atoms with van der Waals surface area (Å²) in [5.74, 6) is 2.46. The molecule has 1 saturated carbocycles. The maximum Gasteiger partial charge on any atom is 0.213 e. The number of nitrogens with zero attached hydrogens (tertiary/aromatic N) is 2. The Hall–Kier alpha value is -2.17. The zero-order valence-corrected chi connectivity index (χ0v) is 16.3. The van der Waals surface area contributed by atoms with Crippen molar-refractivity contribution in [2.45, 2.75) is 52.4 Å². The molecule has 2 aromatic heterocycles. The number of halogens is 1. The molecular weight excluding hydrogens is 331 g/mol. The fourth-order valence-corrected chi connectivity index (χ4v) is 2.34. The van der Waals surface area contributed by atoms with E-state index in [0.29, 0.717) is 17.4 Å². The standard InChI is InChI=1S/C12H17NO.C9H12FNO/c1-9(2)11-5-6-13-12(7-11)14-8-10-3-4-10;1-6(2)7-4-9(12-3)11-5-8(7)10/h5-7,9-10H,3-4,8H2,1-2H3;4-6H,1-3H3. The van der Waals surface area contributed by atoms with Crippen molar-refractivity contribution in [1.82, 2.24) is 9.97 Å². The highest BCUT2D eigenvalue weighted by atomic mass is 19.1. The van der Waals surface area contributed by atoms with Gasteiger partial charge in [0.2, 0.25) is 11.8 Å². The van der Waals surface area contributed by atoms with Crippen LogP contribution in [0.4, 0.5) is 4.39 Å². The molecule has 0 bridgehead atoms. The first-order valence-corrected chi connectivity index (χ1v) is 9.18. The van der Waals surface area contributed by atoms with Gasteiger partial charge < -0.3 is 9.47 Å². The monoisotopic (exact) mass is 360 g/mol. The molecule has 1 fully saturated rings. The molecule has 0 spiro atoms. The summed E-state index contributed by atoms with van der Waals surface area (Å²) in [6.45, 7) is 9.06. The van der Waals surface area contributed by atoms with Crippen LogP contribution in [0.15, 0.2) is 30.6 Å². The van der Waals surface area contributed by atoms with Crippen LogP contribution in [0.2, 0.25) is 0 Å². The fraction of sp³-hybridized carbons (Fsp3) is 0.524. The van der Waals surface area contributed by atoms with Crippen molar-refractivity contribution in [3.63, 3.8) is 0 Å². The van der Waals surface area contributed by atoms with Gasteiger partial charge in [0.25, 0.3) is 0 Å². The second kappa shape index (κ2) is 9.51. The minimum absolute atomic E-state index is 0.155. The van der Waals surface area contributed by atoms with Crippen molar-refractivity contribution >= 4 is 0 Å². The van der Waals surface area contributed by atoms with Crippen LogP contribution in [0.3, 0.4) is 0 Å². The van der Waals surface area contributed by atoms with E-state index in [9.17, 15) is 4.39 Å². The van der Waals surface area contributed by atoms with Crippen molar-refractivity contribution in [3.8, 4) is 11.8 Å². The third kappa shape index (κ3) is 6.28. The van der Waals surface area contributed by atoms with E-state index in [1.807, 2.05) is 26.1 Å². The molecule has 0 unspecified atom stereocenters. The normalized spacial score (nSPS) is 13.4. The number of hydrogen-bond donors (Lipinski definition) is 0. The Morgan fingerprint density at radius 3 is 2.38 bits per heavy atom. The molecule has 0 saturated heterocycles. The first kappa shape index (κ1) is 20.1. The quantitative estimate of drug-likeness (QED) is 0.697. The van der Waals surface area contributed by atoms with Gasteiger partial charge >= 0.3 is 0 Å². The van der Waals surface area contributed by atoms with E-state index in [4.69, 9.17) is 9.47 Å². The lowest BCUT2D eigenvalue weighted by atomic mass is 10.0. The lowest BCUT2D eigenvalue weighted by Gasteiger charge is -2.08. The molecule has 0 aliphatic heterocycles. The zero-order chi connectivity index (χ0) is 19.1. The molecule has 4 nitrogen and oxygen atoms in total. The SMILES string of the molecule is CC(C)c1ccnc(OCC2CC2)c1.COc1cc(C(C)C)c(F)cn1. The average molecular weight is 360 g/mol. The Morgan fingerprint density at radius 2 is 1.81 bits per heavy atom. The number of aromatic nitrogens is 2. The highest BCUT2D eigenvalue weighted by Crippen LogP contribution is 2.29. The van der Waals surface area contributed by atoms with E-state index in [1.165, 1.54) is 31.7 Å². The molecule has 1 aliphatic carbocycles. The molecule has 0 N–H and O–H groups in total. The fourth-order valence-electron chi connectivity index (χ4n) is 2.34. The van der Waals surface area contributed by atoms with E-state index in [1.54, 1.807) is 6.07 Å². The molecule has 1 aliphatic rings. The molecule has 3 rings (SSSR count). The van der Waals surface area contributed by atoms with Gasteiger partial charge in [0.15, 0.2) is 0 Å². The third-order valence-electron chi connectivity index (χ3n) is 4.28. The Morgan fingerprint density at radius 1 is 1.08 bits per heavy atom. The summed E-state index contributed by atoms with van der Waals surface area (Å²) in [6.07, 6.45) is 5.67. The summed E-state index contributed by atoms with van der Waals surface area (Å²) in [4.78, 5) is 7.94. The molecule has 5 heteroatoms. The number of ether oxygens (including phenoxy) is 2. The minimum Gasteiger partial charge on any atom is -0.481 e. The summed E-state index contributed by atoms with van der Waals surface area (Å²) in [5.41, 5.74) is 1.94.